The molecule has 0 saturated carbocycles. The van der Waals surface area contributed by atoms with E-state index in [0.717, 1.165) is 44.3 Å². The number of likely N-dealkylation sites (tertiary alicyclic amines) is 1. The van der Waals surface area contributed by atoms with Gasteiger partial charge in [0.1, 0.15) is 12.6 Å². The van der Waals surface area contributed by atoms with Gasteiger partial charge in [-0.3, -0.25) is 4.79 Å². The van der Waals surface area contributed by atoms with Crippen LogP contribution in [0.2, 0.25) is 0 Å². The van der Waals surface area contributed by atoms with Gasteiger partial charge in [0.2, 0.25) is 11.8 Å². The lowest BCUT2D eigenvalue weighted by Gasteiger charge is -2.45. The Morgan fingerprint density at radius 3 is 2.96 bits per heavy atom. The molecule has 0 bridgehead atoms. The second-order valence-corrected chi connectivity index (χ2v) is 7.55. The highest BCUT2D eigenvalue weighted by molar-refractivity contribution is 5.76. The average molecular weight is 370 g/mol. The summed E-state index contributed by atoms with van der Waals surface area (Å²) >= 11 is 0. The van der Waals surface area contributed by atoms with Crippen molar-refractivity contribution < 1.29 is 14.3 Å². The first-order chi connectivity index (χ1) is 13.1. The van der Waals surface area contributed by atoms with Crippen LogP contribution in [0.25, 0.3) is 0 Å². The molecule has 2 fully saturated rings. The monoisotopic (exact) mass is 370 g/mol. The summed E-state index contributed by atoms with van der Waals surface area (Å²) in [7, 11) is 0. The Hall–Kier alpha value is -2.41. The number of aryl methyl sites for hydroxylation is 1. The molecule has 0 aliphatic carbocycles. The Morgan fingerprint density at radius 1 is 1.37 bits per heavy atom. The van der Waals surface area contributed by atoms with Crippen molar-refractivity contribution in [1.82, 2.24) is 19.4 Å². The predicted octanol–water partition coefficient (Wildman–Crippen LogP) is 2.21. The van der Waals surface area contributed by atoms with Crippen molar-refractivity contribution in [1.29, 1.82) is 0 Å². The number of rotatable bonds is 4. The fraction of sp³-hybridized carbons (Fsp3) is 0.550. The van der Waals surface area contributed by atoms with Gasteiger partial charge >= 0.3 is 0 Å². The van der Waals surface area contributed by atoms with E-state index >= 15 is 0 Å². The largest absolute Gasteiger partial charge is 0.474 e. The molecular weight excluding hydrogens is 344 g/mol. The summed E-state index contributed by atoms with van der Waals surface area (Å²) in [5.74, 6) is 0.820. The minimum Gasteiger partial charge on any atom is -0.474 e. The van der Waals surface area contributed by atoms with Crippen LogP contribution in [0.1, 0.15) is 31.2 Å². The Kier molecular flexibility index (Phi) is 5.11. The molecule has 27 heavy (non-hydrogen) atoms. The fourth-order valence-corrected chi connectivity index (χ4v) is 3.98. The van der Waals surface area contributed by atoms with Crippen LogP contribution in [0.15, 0.2) is 37.1 Å². The summed E-state index contributed by atoms with van der Waals surface area (Å²) in [6, 6.07) is 3.94. The summed E-state index contributed by atoms with van der Waals surface area (Å²) in [6.45, 7) is 4.53. The van der Waals surface area contributed by atoms with Crippen LogP contribution < -0.4 is 4.74 Å². The van der Waals surface area contributed by atoms with Gasteiger partial charge in [0.15, 0.2) is 0 Å². The maximum absolute atomic E-state index is 12.5. The maximum atomic E-state index is 12.5. The van der Waals surface area contributed by atoms with Crippen LogP contribution in [-0.4, -0.2) is 56.7 Å². The smallest absolute Gasteiger partial charge is 0.242 e. The number of pyridine rings is 1. The van der Waals surface area contributed by atoms with E-state index in [1.807, 2.05) is 34.7 Å². The van der Waals surface area contributed by atoms with Gasteiger partial charge in [0.25, 0.3) is 0 Å². The zero-order chi connectivity index (χ0) is 18.7. The van der Waals surface area contributed by atoms with Crippen LogP contribution in [0, 0.1) is 6.92 Å². The average Bonchev–Trinajstić information content (AvgIpc) is 3.15. The molecule has 1 unspecified atom stereocenters. The molecule has 7 nitrogen and oxygen atoms in total. The highest BCUT2D eigenvalue weighted by atomic mass is 16.5. The van der Waals surface area contributed by atoms with Gasteiger partial charge < -0.3 is 18.9 Å². The SMILES string of the molecule is Cc1ccnc(OC2CCOC3(CCN(C(=O)Cn4ccnc4)CC3)C2)c1. The van der Waals surface area contributed by atoms with Crippen molar-refractivity contribution in [2.75, 3.05) is 19.7 Å². The highest BCUT2D eigenvalue weighted by Gasteiger charge is 2.42. The number of hydrogen-bond acceptors (Lipinski definition) is 5. The normalized spacial score (nSPS) is 22.0. The number of hydrogen-bond donors (Lipinski definition) is 0. The molecule has 1 atom stereocenters. The summed E-state index contributed by atoms with van der Waals surface area (Å²) in [5.41, 5.74) is 0.963. The quantitative estimate of drug-likeness (QED) is 0.825. The fourth-order valence-electron chi connectivity index (χ4n) is 3.98. The first-order valence-corrected chi connectivity index (χ1v) is 9.59. The number of imidazole rings is 1. The van der Waals surface area contributed by atoms with Gasteiger partial charge in [-0.15, -0.1) is 0 Å². The van der Waals surface area contributed by atoms with Crippen LogP contribution >= 0.6 is 0 Å². The van der Waals surface area contributed by atoms with E-state index in [-0.39, 0.29) is 17.6 Å². The van der Waals surface area contributed by atoms with Crippen molar-refractivity contribution in [3.63, 3.8) is 0 Å². The summed E-state index contributed by atoms with van der Waals surface area (Å²) < 4.78 is 14.1. The van der Waals surface area contributed by atoms with E-state index < -0.39 is 0 Å². The molecule has 2 aliphatic rings. The predicted molar refractivity (Wildman–Crippen MR) is 99.3 cm³/mol. The highest BCUT2D eigenvalue weighted by Crippen LogP contribution is 2.36. The Balaban J connectivity index is 1.32. The number of aromatic nitrogens is 3. The molecular formula is C20H26N4O3. The van der Waals surface area contributed by atoms with Crippen molar-refractivity contribution in [3.8, 4) is 5.88 Å². The minimum atomic E-state index is -0.182. The third kappa shape index (κ3) is 4.30. The Bertz CT molecular complexity index is 769. The number of carbonyl (C=O) groups is 1. The van der Waals surface area contributed by atoms with Gasteiger partial charge in [0, 0.05) is 50.6 Å². The van der Waals surface area contributed by atoms with Gasteiger partial charge in [-0.2, -0.15) is 0 Å². The minimum absolute atomic E-state index is 0.112. The molecule has 0 aromatic carbocycles. The summed E-state index contributed by atoms with van der Waals surface area (Å²) in [6.07, 6.45) is 10.5. The first kappa shape index (κ1) is 18.0. The molecule has 1 amide bonds. The van der Waals surface area contributed by atoms with E-state index in [1.165, 1.54) is 0 Å². The Morgan fingerprint density at radius 2 is 2.22 bits per heavy atom. The first-order valence-electron chi connectivity index (χ1n) is 9.59. The third-order valence-electron chi connectivity index (χ3n) is 5.53. The van der Waals surface area contributed by atoms with Crippen molar-refractivity contribution in [2.45, 2.75) is 50.9 Å². The second kappa shape index (κ2) is 7.68. The van der Waals surface area contributed by atoms with Crippen LogP contribution in [-0.2, 0) is 16.1 Å². The third-order valence-corrected chi connectivity index (χ3v) is 5.53. The van der Waals surface area contributed by atoms with Crippen molar-refractivity contribution >= 4 is 5.91 Å². The Labute approximate surface area is 159 Å². The molecule has 7 heteroatoms. The molecule has 144 valence electrons. The second-order valence-electron chi connectivity index (χ2n) is 7.55. The van der Waals surface area contributed by atoms with E-state index in [2.05, 4.69) is 9.97 Å². The van der Waals surface area contributed by atoms with E-state index in [0.29, 0.717) is 19.0 Å². The lowest BCUT2D eigenvalue weighted by atomic mass is 9.83. The molecule has 4 rings (SSSR count). The molecule has 1 spiro atoms. The van der Waals surface area contributed by atoms with Gasteiger partial charge in [-0.1, -0.05) is 0 Å². The van der Waals surface area contributed by atoms with E-state index in [4.69, 9.17) is 9.47 Å². The van der Waals surface area contributed by atoms with Crippen LogP contribution in [0.4, 0.5) is 0 Å². The number of piperidine rings is 1. The number of carbonyl (C=O) groups excluding carboxylic acids is 1. The number of nitrogens with zero attached hydrogens (tertiary/aromatic N) is 4. The topological polar surface area (TPSA) is 69.5 Å². The van der Waals surface area contributed by atoms with Crippen molar-refractivity contribution in [3.05, 3.63) is 42.6 Å². The number of ether oxygens (including phenoxy) is 2. The summed E-state index contributed by atoms with van der Waals surface area (Å²) in [4.78, 5) is 22.7. The molecule has 2 aliphatic heterocycles. The van der Waals surface area contributed by atoms with Crippen LogP contribution in [0.3, 0.4) is 0 Å². The lowest BCUT2D eigenvalue weighted by molar-refractivity contribution is -0.152. The number of amides is 1. The van der Waals surface area contributed by atoms with Gasteiger partial charge in [-0.05, 0) is 31.4 Å². The molecule has 2 saturated heterocycles. The standard InChI is InChI=1S/C20H26N4O3/c1-16-2-6-22-18(12-16)27-17-3-11-26-20(13-17)4-8-24(9-5-20)19(25)14-23-10-7-21-15-23/h2,6-7,10,12,15,17H,3-5,8-9,11,13-14H2,1H3. The van der Waals surface area contributed by atoms with E-state index in [1.54, 1.807) is 18.7 Å². The van der Waals surface area contributed by atoms with Gasteiger partial charge in [0.05, 0.1) is 18.5 Å². The molecule has 0 N–H and O–H groups in total. The molecule has 0 radical (unpaired) electrons. The lowest BCUT2D eigenvalue weighted by Crippen LogP contribution is -2.52. The van der Waals surface area contributed by atoms with E-state index in [9.17, 15) is 4.79 Å². The molecule has 2 aromatic heterocycles. The summed E-state index contributed by atoms with van der Waals surface area (Å²) in [5, 5.41) is 0. The van der Waals surface area contributed by atoms with Crippen LogP contribution in [0.5, 0.6) is 5.88 Å². The zero-order valence-electron chi connectivity index (χ0n) is 15.7. The maximum Gasteiger partial charge on any atom is 0.242 e. The van der Waals surface area contributed by atoms with Crippen molar-refractivity contribution in [2.24, 2.45) is 0 Å². The molecule has 4 heterocycles. The zero-order valence-corrected chi connectivity index (χ0v) is 15.7. The molecule has 2 aromatic rings. The van der Waals surface area contributed by atoms with Gasteiger partial charge in [-0.25, -0.2) is 9.97 Å².